The molecular weight excluding hydrogens is 486 g/mol. The second-order valence-electron chi connectivity index (χ2n) is 7.62. The molecule has 1 saturated heterocycles. The molecule has 0 radical (unpaired) electrons. The molecule has 168 valence electrons. The van der Waals surface area contributed by atoms with Crippen LogP contribution < -0.4 is 10.6 Å². The van der Waals surface area contributed by atoms with Gasteiger partial charge in [-0.25, -0.2) is 9.69 Å². The molecule has 0 saturated carbocycles. The molecule has 1 aliphatic rings. The number of hydrogen-bond acceptors (Lipinski definition) is 4. The van der Waals surface area contributed by atoms with Crippen LogP contribution in [0.25, 0.3) is 17.4 Å². The van der Waals surface area contributed by atoms with Gasteiger partial charge in [-0.1, -0.05) is 47.1 Å². The maximum Gasteiger partial charge on any atom is 0.329 e. The molecule has 1 aromatic heterocycles. The van der Waals surface area contributed by atoms with Crippen molar-refractivity contribution in [1.82, 2.24) is 10.2 Å². The summed E-state index contributed by atoms with van der Waals surface area (Å²) in [6.07, 6.45) is 2.20. The number of hydrogen-bond donors (Lipinski definition) is 2. The zero-order valence-electron chi connectivity index (χ0n) is 18.1. The van der Waals surface area contributed by atoms with Crippen molar-refractivity contribution in [3.8, 4) is 11.3 Å². The lowest BCUT2D eigenvalue weighted by Crippen LogP contribution is -2.38. The molecule has 1 fully saturated rings. The van der Waals surface area contributed by atoms with Gasteiger partial charge in [0.1, 0.15) is 23.8 Å². The first-order valence-electron chi connectivity index (χ1n) is 10.4. The maximum atomic E-state index is 12.7. The second-order valence-corrected chi connectivity index (χ2v) is 8.48. The fourth-order valence-electron chi connectivity index (χ4n) is 3.54. The summed E-state index contributed by atoms with van der Waals surface area (Å²) in [6.45, 7) is 3.59. The Morgan fingerprint density at radius 3 is 2.70 bits per heavy atom. The van der Waals surface area contributed by atoms with E-state index >= 15 is 0 Å². The van der Waals surface area contributed by atoms with Gasteiger partial charge < -0.3 is 15.1 Å². The van der Waals surface area contributed by atoms with E-state index in [1.54, 1.807) is 18.2 Å². The first-order chi connectivity index (χ1) is 15.9. The molecule has 8 heteroatoms. The van der Waals surface area contributed by atoms with E-state index in [1.165, 1.54) is 6.08 Å². The third kappa shape index (κ3) is 4.90. The molecular formula is C25H22BrN3O4. The van der Waals surface area contributed by atoms with Gasteiger partial charge in [-0.3, -0.25) is 9.59 Å². The van der Waals surface area contributed by atoms with Gasteiger partial charge >= 0.3 is 6.03 Å². The number of halogens is 1. The van der Waals surface area contributed by atoms with Crippen LogP contribution in [-0.2, 0) is 16.0 Å². The number of furan rings is 1. The predicted octanol–water partition coefficient (Wildman–Crippen LogP) is 5.11. The van der Waals surface area contributed by atoms with Gasteiger partial charge in [-0.05, 0) is 54.8 Å². The van der Waals surface area contributed by atoms with E-state index in [0.29, 0.717) is 17.2 Å². The highest BCUT2D eigenvalue weighted by molar-refractivity contribution is 9.10. The van der Waals surface area contributed by atoms with Gasteiger partial charge in [0.2, 0.25) is 5.91 Å². The minimum atomic E-state index is -0.654. The van der Waals surface area contributed by atoms with Crippen LogP contribution in [0.1, 0.15) is 23.8 Å². The second kappa shape index (κ2) is 9.46. The van der Waals surface area contributed by atoms with E-state index in [0.717, 1.165) is 32.5 Å². The van der Waals surface area contributed by atoms with Crippen LogP contribution in [0.2, 0.25) is 0 Å². The van der Waals surface area contributed by atoms with Gasteiger partial charge in [-0.15, -0.1) is 0 Å². The van der Waals surface area contributed by atoms with Crippen molar-refractivity contribution in [1.29, 1.82) is 0 Å². The average Bonchev–Trinajstić information content (AvgIpc) is 3.34. The summed E-state index contributed by atoms with van der Waals surface area (Å²) in [4.78, 5) is 38.4. The predicted molar refractivity (Wildman–Crippen MR) is 129 cm³/mol. The third-order valence-electron chi connectivity index (χ3n) is 5.24. The number of para-hydroxylation sites is 1. The summed E-state index contributed by atoms with van der Waals surface area (Å²) in [5, 5.41) is 5.28. The summed E-state index contributed by atoms with van der Waals surface area (Å²) in [5.41, 5.74) is 3.67. The van der Waals surface area contributed by atoms with Crippen LogP contribution in [0.15, 0.2) is 69.2 Å². The Morgan fingerprint density at radius 2 is 1.94 bits per heavy atom. The Labute approximate surface area is 199 Å². The molecule has 0 unspecified atom stereocenters. The maximum absolute atomic E-state index is 12.7. The van der Waals surface area contributed by atoms with Crippen molar-refractivity contribution >= 4 is 45.5 Å². The number of urea groups is 1. The third-order valence-corrected chi connectivity index (χ3v) is 5.90. The highest BCUT2D eigenvalue weighted by Crippen LogP contribution is 2.31. The van der Waals surface area contributed by atoms with Crippen LogP contribution in [-0.4, -0.2) is 29.3 Å². The van der Waals surface area contributed by atoms with E-state index in [4.69, 9.17) is 4.42 Å². The van der Waals surface area contributed by atoms with E-state index in [2.05, 4.69) is 26.6 Å². The molecule has 4 amide bonds. The molecule has 0 spiro atoms. The number of anilines is 1. The van der Waals surface area contributed by atoms with Crippen molar-refractivity contribution in [2.75, 3.05) is 11.9 Å². The first kappa shape index (κ1) is 22.5. The number of carbonyl (C=O) groups is 3. The van der Waals surface area contributed by atoms with Crippen LogP contribution in [0.5, 0.6) is 0 Å². The molecule has 1 aliphatic heterocycles. The molecule has 0 atom stereocenters. The van der Waals surface area contributed by atoms with Gasteiger partial charge in [0, 0.05) is 21.8 Å². The zero-order valence-corrected chi connectivity index (χ0v) is 19.7. The Kier molecular flexibility index (Phi) is 6.46. The van der Waals surface area contributed by atoms with E-state index < -0.39 is 17.8 Å². The number of nitrogens with one attached hydrogen (secondary N) is 2. The van der Waals surface area contributed by atoms with Crippen LogP contribution in [0, 0.1) is 6.92 Å². The van der Waals surface area contributed by atoms with Crippen LogP contribution in [0.3, 0.4) is 0 Å². The molecule has 33 heavy (non-hydrogen) atoms. The molecule has 2 heterocycles. The summed E-state index contributed by atoms with van der Waals surface area (Å²) in [7, 11) is 0. The summed E-state index contributed by atoms with van der Waals surface area (Å²) < 4.78 is 6.74. The molecule has 2 aromatic carbocycles. The summed E-state index contributed by atoms with van der Waals surface area (Å²) >= 11 is 3.53. The number of amides is 4. The Morgan fingerprint density at radius 1 is 1.15 bits per heavy atom. The largest absolute Gasteiger partial charge is 0.457 e. The molecule has 7 nitrogen and oxygen atoms in total. The van der Waals surface area contributed by atoms with Gasteiger partial charge in [-0.2, -0.15) is 0 Å². The van der Waals surface area contributed by atoms with Crippen molar-refractivity contribution < 1.29 is 18.8 Å². The highest BCUT2D eigenvalue weighted by Gasteiger charge is 2.35. The smallest absolute Gasteiger partial charge is 0.329 e. The zero-order chi connectivity index (χ0) is 23.5. The van der Waals surface area contributed by atoms with E-state index in [9.17, 15) is 14.4 Å². The van der Waals surface area contributed by atoms with Crippen molar-refractivity contribution in [3.63, 3.8) is 0 Å². The minimum absolute atomic E-state index is 0.0469. The number of benzene rings is 2. The Bertz CT molecular complexity index is 1280. The lowest BCUT2D eigenvalue weighted by molar-refractivity contribution is -0.127. The average molecular weight is 508 g/mol. The standard InChI is InChI=1S/C25H22BrN3O4/c1-3-16-6-4-5-7-20(16)27-23(30)14-29-24(31)21(28-25(29)32)13-17-9-11-22(33-17)18-10-8-15(2)12-19(18)26/h4-13H,3,14H2,1-2H3,(H,27,30)(H,28,32)/b21-13-. The molecule has 0 bridgehead atoms. The first-order valence-corrected chi connectivity index (χ1v) is 11.2. The number of aryl methyl sites for hydroxylation is 2. The normalized spacial score (nSPS) is 14.6. The van der Waals surface area contributed by atoms with Crippen LogP contribution in [0.4, 0.5) is 10.5 Å². The number of imide groups is 1. The summed E-state index contributed by atoms with van der Waals surface area (Å²) in [6, 6.07) is 16.2. The highest BCUT2D eigenvalue weighted by atomic mass is 79.9. The Balaban J connectivity index is 1.47. The SMILES string of the molecule is CCc1ccccc1NC(=O)CN1C(=O)N/C(=C\c2ccc(-c3ccc(C)cc3Br)o2)C1=O. The van der Waals surface area contributed by atoms with Crippen LogP contribution >= 0.6 is 15.9 Å². The molecule has 2 N–H and O–H groups in total. The quantitative estimate of drug-likeness (QED) is 0.358. The van der Waals surface area contributed by atoms with E-state index in [-0.39, 0.29) is 12.2 Å². The molecule has 4 rings (SSSR count). The fourth-order valence-corrected chi connectivity index (χ4v) is 4.23. The topological polar surface area (TPSA) is 91.7 Å². The minimum Gasteiger partial charge on any atom is -0.457 e. The molecule has 0 aliphatic carbocycles. The molecule has 3 aromatic rings. The monoisotopic (exact) mass is 507 g/mol. The van der Waals surface area contributed by atoms with Crippen molar-refractivity contribution in [2.24, 2.45) is 0 Å². The van der Waals surface area contributed by atoms with Crippen molar-refractivity contribution in [3.05, 3.63) is 81.7 Å². The fraction of sp³-hybridized carbons (Fsp3) is 0.160. The lowest BCUT2D eigenvalue weighted by atomic mass is 10.1. The lowest BCUT2D eigenvalue weighted by Gasteiger charge is -2.13. The number of carbonyl (C=O) groups excluding carboxylic acids is 3. The Hall–Kier alpha value is -3.65. The number of rotatable bonds is 6. The summed E-state index contributed by atoms with van der Waals surface area (Å²) in [5.74, 6) is -0.0147. The van der Waals surface area contributed by atoms with Gasteiger partial charge in [0.15, 0.2) is 0 Å². The number of nitrogens with zero attached hydrogens (tertiary/aromatic N) is 1. The van der Waals surface area contributed by atoms with Gasteiger partial charge in [0.05, 0.1) is 0 Å². The van der Waals surface area contributed by atoms with Gasteiger partial charge in [0.25, 0.3) is 5.91 Å². The van der Waals surface area contributed by atoms with E-state index in [1.807, 2.05) is 50.2 Å². The van der Waals surface area contributed by atoms with Crippen molar-refractivity contribution in [2.45, 2.75) is 20.3 Å².